The van der Waals surface area contributed by atoms with Crippen LogP contribution in [0.1, 0.15) is 17.2 Å². The maximum absolute atomic E-state index is 10.7. The number of hydrogen-bond acceptors (Lipinski definition) is 3. The van der Waals surface area contributed by atoms with Crippen molar-refractivity contribution < 1.29 is 14.8 Å². The molecule has 2 N–H and O–H groups in total. The van der Waals surface area contributed by atoms with Crippen LogP contribution >= 0.6 is 8.08 Å². The van der Waals surface area contributed by atoms with Crippen molar-refractivity contribution in [1.82, 2.24) is 0 Å². The first-order valence-corrected chi connectivity index (χ1v) is 5.08. The minimum atomic E-state index is -0.863. The van der Waals surface area contributed by atoms with Gasteiger partial charge in [-0.05, 0) is 11.6 Å². The van der Waals surface area contributed by atoms with Gasteiger partial charge >= 0.3 is 0 Å². The van der Waals surface area contributed by atoms with E-state index in [0.29, 0.717) is 16.4 Å². The van der Waals surface area contributed by atoms with Crippen LogP contribution in [0.2, 0.25) is 0 Å². The highest BCUT2D eigenvalue weighted by Crippen LogP contribution is 2.30. The van der Waals surface area contributed by atoms with Crippen LogP contribution in [0, 0.1) is 0 Å². The van der Waals surface area contributed by atoms with E-state index in [1.807, 2.05) is 0 Å². The summed E-state index contributed by atoms with van der Waals surface area (Å²) in [6.07, 6.45) is 0.497. The van der Waals surface area contributed by atoms with Crippen molar-refractivity contribution in [1.29, 1.82) is 0 Å². The van der Waals surface area contributed by atoms with Gasteiger partial charge < -0.3 is 10.2 Å². The SMILES string of the molecule is O=[PH]=C1C=C(O)c2ccccc2C1O. The molecule has 2 unspecified atom stereocenters. The van der Waals surface area contributed by atoms with Gasteiger partial charge in [0.25, 0.3) is 0 Å². The molecular weight excluding hydrogens is 199 g/mol. The summed E-state index contributed by atoms with van der Waals surface area (Å²) in [4.78, 5) is 0. The van der Waals surface area contributed by atoms with Crippen LogP contribution < -0.4 is 0 Å². The van der Waals surface area contributed by atoms with E-state index < -0.39 is 14.2 Å². The fourth-order valence-corrected chi connectivity index (χ4v) is 1.99. The van der Waals surface area contributed by atoms with Gasteiger partial charge in [-0.1, -0.05) is 24.3 Å². The van der Waals surface area contributed by atoms with E-state index >= 15 is 0 Å². The average Bonchev–Trinajstić information content (AvgIpc) is 2.23. The second kappa shape index (κ2) is 3.45. The van der Waals surface area contributed by atoms with Gasteiger partial charge in [-0.25, -0.2) is 0 Å². The van der Waals surface area contributed by atoms with Crippen molar-refractivity contribution in [2.75, 3.05) is 0 Å². The monoisotopic (exact) mass is 208 g/mol. The van der Waals surface area contributed by atoms with Crippen LogP contribution in [-0.2, 0) is 4.57 Å². The largest absolute Gasteiger partial charge is 0.507 e. The van der Waals surface area contributed by atoms with Crippen molar-refractivity contribution in [2.45, 2.75) is 6.10 Å². The summed E-state index contributed by atoms with van der Waals surface area (Å²) in [5.74, 6) is 0.0595. The van der Waals surface area contributed by atoms with Crippen molar-refractivity contribution in [3.8, 4) is 0 Å². The number of aliphatic hydroxyl groups is 2. The Balaban J connectivity index is 2.68. The molecule has 0 amide bonds. The molecule has 1 aliphatic rings. The Morgan fingerprint density at radius 2 is 2.00 bits per heavy atom. The Hall–Kier alpha value is -1.31. The van der Waals surface area contributed by atoms with Crippen LogP contribution in [0.3, 0.4) is 0 Å². The highest BCUT2D eigenvalue weighted by atomic mass is 31.0. The normalized spacial score (nSPS) is 20.5. The molecule has 0 aromatic heterocycles. The lowest BCUT2D eigenvalue weighted by molar-refractivity contribution is 0.248. The van der Waals surface area contributed by atoms with E-state index in [0.717, 1.165) is 0 Å². The van der Waals surface area contributed by atoms with Crippen LogP contribution in [0.15, 0.2) is 30.3 Å². The quantitative estimate of drug-likeness (QED) is 0.639. The van der Waals surface area contributed by atoms with E-state index in [9.17, 15) is 14.8 Å². The predicted molar refractivity (Wildman–Crippen MR) is 56.0 cm³/mol. The summed E-state index contributed by atoms with van der Waals surface area (Å²) in [6.45, 7) is 0. The third-order valence-electron chi connectivity index (χ3n) is 2.24. The molecule has 0 heterocycles. The maximum atomic E-state index is 10.7. The summed E-state index contributed by atoms with van der Waals surface area (Å²) < 4.78 is 10.7. The smallest absolute Gasteiger partial charge is 0.123 e. The summed E-state index contributed by atoms with van der Waals surface area (Å²) in [5, 5.41) is 19.7. The molecule has 0 aliphatic heterocycles. The first-order valence-electron chi connectivity index (χ1n) is 4.17. The molecule has 14 heavy (non-hydrogen) atoms. The minimum absolute atomic E-state index is 0.0595. The Bertz CT molecular complexity index is 458. The molecule has 0 bridgehead atoms. The second-order valence-electron chi connectivity index (χ2n) is 3.08. The Morgan fingerprint density at radius 1 is 1.29 bits per heavy atom. The van der Waals surface area contributed by atoms with Crippen LogP contribution in [-0.4, -0.2) is 15.5 Å². The summed E-state index contributed by atoms with van der Waals surface area (Å²) >= 11 is 0. The van der Waals surface area contributed by atoms with Crippen molar-refractivity contribution in [2.24, 2.45) is 0 Å². The lowest BCUT2D eigenvalue weighted by Crippen LogP contribution is -2.14. The fraction of sp³-hybridized carbons (Fsp3) is 0.100. The van der Waals surface area contributed by atoms with Crippen molar-refractivity contribution in [3.63, 3.8) is 0 Å². The van der Waals surface area contributed by atoms with E-state index in [1.165, 1.54) is 6.08 Å². The first kappa shape index (κ1) is 9.25. The van der Waals surface area contributed by atoms with E-state index in [4.69, 9.17) is 0 Å². The molecule has 1 aliphatic carbocycles. The predicted octanol–water partition coefficient (Wildman–Crippen LogP) is 1.83. The van der Waals surface area contributed by atoms with E-state index in [2.05, 4.69) is 0 Å². The minimum Gasteiger partial charge on any atom is -0.507 e. The zero-order chi connectivity index (χ0) is 10.1. The van der Waals surface area contributed by atoms with Gasteiger partial charge in [0.15, 0.2) is 0 Å². The first-order chi connectivity index (χ1) is 6.74. The fourth-order valence-electron chi connectivity index (χ4n) is 1.53. The lowest BCUT2D eigenvalue weighted by Gasteiger charge is -2.19. The number of benzene rings is 1. The molecule has 72 valence electrons. The molecule has 0 saturated carbocycles. The molecule has 2 rings (SSSR count). The van der Waals surface area contributed by atoms with Gasteiger partial charge in [0.2, 0.25) is 0 Å². The van der Waals surface area contributed by atoms with Crippen LogP contribution in [0.5, 0.6) is 0 Å². The molecule has 1 aromatic carbocycles. The van der Waals surface area contributed by atoms with Gasteiger partial charge in [-0.15, -0.1) is 0 Å². The molecule has 0 spiro atoms. The summed E-state index contributed by atoms with van der Waals surface area (Å²) in [5.41, 5.74) is 1.20. The standard InChI is InChI=1S/C10H9O3P/c11-8-5-9(14-13)10(12)7-4-2-1-3-6(7)8/h1-5,10-12,14H. The molecule has 2 atom stereocenters. The van der Waals surface area contributed by atoms with E-state index in [-0.39, 0.29) is 5.76 Å². The van der Waals surface area contributed by atoms with Gasteiger partial charge in [0.1, 0.15) is 11.9 Å². The highest BCUT2D eigenvalue weighted by Gasteiger charge is 2.22. The van der Waals surface area contributed by atoms with Crippen molar-refractivity contribution in [3.05, 3.63) is 41.5 Å². The molecule has 1 aromatic rings. The molecule has 0 fully saturated rings. The topological polar surface area (TPSA) is 57.5 Å². The second-order valence-corrected chi connectivity index (χ2v) is 3.86. The third-order valence-corrected chi connectivity index (χ3v) is 2.89. The Labute approximate surface area is 82.2 Å². The molecule has 4 heteroatoms. The lowest BCUT2D eigenvalue weighted by atomic mass is 9.93. The zero-order valence-electron chi connectivity index (χ0n) is 7.27. The zero-order valence-corrected chi connectivity index (χ0v) is 8.27. The molecule has 0 saturated heterocycles. The molecule has 0 radical (unpaired) electrons. The Kier molecular flexibility index (Phi) is 2.28. The van der Waals surface area contributed by atoms with Crippen LogP contribution in [0.4, 0.5) is 0 Å². The number of fused-ring (bicyclic) bond motifs is 1. The van der Waals surface area contributed by atoms with Gasteiger partial charge in [0.05, 0.1) is 8.08 Å². The Morgan fingerprint density at radius 3 is 2.71 bits per heavy atom. The van der Waals surface area contributed by atoms with Gasteiger partial charge in [0, 0.05) is 10.9 Å². The average molecular weight is 208 g/mol. The highest BCUT2D eigenvalue weighted by molar-refractivity contribution is 7.28. The summed E-state index contributed by atoms with van der Waals surface area (Å²) in [7, 11) is -0.734. The number of aliphatic hydroxyl groups excluding tert-OH is 2. The van der Waals surface area contributed by atoms with Gasteiger partial charge in [-0.3, -0.25) is 4.57 Å². The number of rotatable bonds is 0. The van der Waals surface area contributed by atoms with Crippen LogP contribution in [0.25, 0.3) is 5.76 Å². The van der Waals surface area contributed by atoms with Gasteiger partial charge in [-0.2, -0.15) is 0 Å². The number of hydrogen-bond donors (Lipinski definition) is 2. The third kappa shape index (κ3) is 1.31. The summed E-state index contributed by atoms with van der Waals surface area (Å²) in [6, 6.07) is 6.98. The maximum Gasteiger partial charge on any atom is 0.123 e. The van der Waals surface area contributed by atoms with E-state index in [1.54, 1.807) is 24.3 Å². The molecular formula is C10H9O3P. The van der Waals surface area contributed by atoms with Crippen molar-refractivity contribution >= 4 is 19.1 Å². The molecule has 3 nitrogen and oxygen atoms in total.